The van der Waals surface area contributed by atoms with Crippen molar-refractivity contribution in [3.63, 3.8) is 0 Å². The molecule has 1 aliphatic rings. The van der Waals surface area contributed by atoms with Crippen LogP contribution in [0, 0.1) is 10.1 Å². The number of rotatable bonds is 5. The van der Waals surface area contributed by atoms with E-state index in [9.17, 15) is 10.1 Å². The average Bonchev–Trinajstić information content (AvgIpc) is 2.37. The van der Waals surface area contributed by atoms with Crippen LogP contribution in [0.1, 0.15) is 33.6 Å². The maximum absolute atomic E-state index is 11.0. The molecular formula is C15H22N2O4. The second kappa shape index (κ2) is 6.76. The molecule has 2 unspecified atom stereocenters. The number of nitrogens with one attached hydrogen (secondary N) is 1. The predicted molar refractivity (Wildman–Crippen MR) is 80.9 cm³/mol. The summed E-state index contributed by atoms with van der Waals surface area (Å²) in [6.07, 6.45) is 1.97. The molecule has 0 radical (unpaired) electrons. The molecule has 0 spiro atoms. The fraction of sp³-hybridized carbons (Fsp3) is 0.600. The van der Waals surface area contributed by atoms with E-state index < -0.39 is 4.92 Å². The van der Waals surface area contributed by atoms with Gasteiger partial charge in [0.15, 0.2) is 0 Å². The van der Waals surface area contributed by atoms with Gasteiger partial charge in [-0.05, 0) is 33.6 Å². The molecule has 1 aromatic rings. The number of nitro benzene ring substituents is 1. The Morgan fingerprint density at radius 3 is 2.81 bits per heavy atom. The highest BCUT2D eigenvalue weighted by Gasteiger charge is 2.20. The SMILES string of the molecule is CC(C)Oc1cc(NC2CCOC(C)C2)cc([N+](=O)[O-])c1. The lowest BCUT2D eigenvalue weighted by Gasteiger charge is -2.28. The second-order valence-corrected chi connectivity index (χ2v) is 5.69. The topological polar surface area (TPSA) is 73.6 Å². The van der Waals surface area contributed by atoms with Gasteiger partial charge in [-0.2, -0.15) is 0 Å². The standard InChI is InChI=1S/C15H22N2O4/c1-10(2)21-15-8-13(7-14(9-15)17(18)19)16-12-4-5-20-11(3)6-12/h7-12,16H,4-6H2,1-3H3. The van der Waals surface area contributed by atoms with Crippen LogP contribution in [-0.4, -0.2) is 29.8 Å². The minimum atomic E-state index is -0.398. The van der Waals surface area contributed by atoms with Crippen LogP contribution < -0.4 is 10.1 Å². The summed E-state index contributed by atoms with van der Waals surface area (Å²) in [6, 6.07) is 5.08. The fourth-order valence-electron chi connectivity index (χ4n) is 2.48. The van der Waals surface area contributed by atoms with Crippen molar-refractivity contribution < 1.29 is 14.4 Å². The predicted octanol–water partition coefficient (Wildman–Crippen LogP) is 3.36. The molecule has 1 aliphatic heterocycles. The maximum Gasteiger partial charge on any atom is 0.275 e. The van der Waals surface area contributed by atoms with Gasteiger partial charge < -0.3 is 14.8 Å². The fourth-order valence-corrected chi connectivity index (χ4v) is 2.48. The van der Waals surface area contributed by atoms with Gasteiger partial charge in [0.25, 0.3) is 5.69 Å². The van der Waals surface area contributed by atoms with Crippen molar-refractivity contribution in [2.24, 2.45) is 0 Å². The minimum absolute atomic E-state index is 0.0250. The summed E-state index contributed by atoms with van der Waals surface area (Å²) < 4.78 is 11.1. The Hall–Kier alpha value is -1.82. The molecule has 1 saturated heterocycles. The molecule has 1 aromatic carbocycles. The van der Waals surface area contributed by atoms with Gasteiger partial charge in [-0.25, -0.2) is 0 Å². The Bertz CT molecular complexity index is 504. The zero-order valence-electron chi connectivity index (χ0n) is 12.7. The maximum atomic E-state index is 11.0. The molecule has 6 heteroatoms. The molecule has 0 aliphatic carbocycles. The van der Waals surface area contributed by atoms with Gasteiger partial charge in [-0.1, -0.05) is 0 Å². The highest BCUT2D eigenvalue weighted by atomic mass is 16.6. The molecule has 0 bridgehead atoms. The summed E-state index contributed by atoms with van der Waals surface area (Å²) in [5, 5.41) is 14.4. The molecule has 21 heavy (non-hydrogen) atoms. The molecule has 6 nitrogen and oxygen atoms in total. The van der Waals surface area contributed by atoms with E-state index in [2.05, 4.69) is 5.32 Å². The first-order chi connectivity index (χ1) is 9.94. The lowest BCUT2D eigenvalue weighted by molar-refractivity contribution is -0.384. The Morgan fingerprint density at radius 1 is 1.43 bits per heavy atom. The highest BCUT2D eigenvalue weighted by molar-refractivity contribution is 5.57. The van der Waals surface area contributed by atoms with Gasteiger partial charge in [-0.15, -0.1) is 0 Å². The quantitative estimate of drug-likeness (QED) is 0.666. The molecule has 1 N–H and O–H groups in total. The third kappa shape index (κ3) is 4.60. The lowest BCUT2D eigenvalue weighted by atomic mass is 10.0. The largest absolute Gasteiger partial charge is 0.491 e. The number of nitrogens with zero attached hydrogens (tertiary/aromatic N) is 1. The normalized spacial score (nSPS) is 22.1. The van der Waals surface area contributed by atoms with E-state index in [4.69, 9.17) is 9.47 Å². The number of non-ortho nitro benzene ring substituents is 1. The van der Waals surface area contributed by atoms with Gasteiger partial charge in [0.2, 0.25) is 0 Å². The van der Waals surface area contributed by atoms with Crippen molar-refractivity contribution in [1.82, 2.24) is 0 Å². The summed E-state index contributed by atoms with van der Waals surface area (Å²) in [6.45, 7) is 6.54. The number of anilines is 1. The highest BCUT2D eigenvalue weighted by Crippen LogP contribution is 2.28. The molecule has 2 atom stereocenters. The average molecular weight is 294 g/mol. The minimum Gasteiger partial charge on any atom is -0.491 e. The molecule has 0 aromatic heterocycles. The number of hydrogen-bond donors (Lipinski definition) is 1. The zero-order valence-corrected chi connectivity index (χ0v) is 12.7. The van der Waals surface area contributed by atoms with Gasteiger partial charge in [-0.3, -0.25) is 10.1 Å². The van der Waals surface area contributed by atoms with Gasteiger partial charge in [0, 0.05) is 30.5 Å². The first-order valence-corrected chi connectivity index (χ1v) is 7.28. The van der Waals surface area contributed by atoms with Crippen molar-refractivity contribution in [2.45, 2.75) is 51.9 Å². The van der Waals surface area contributed by atoms with Gasteiger partial charge >= 0.3 is 0 Å². The monoisotopic (exact) mass is 294 g/mol. The Balaban J connectivity index is 2.16. The van der Waals surface area contributed by atoms with Crippen molar-refractivity contribution in [2.75, 3.05) is 11.9 Å². The second-order valence-electron chi connectivity index (χ2n) is 5.69. The van der Waals surface area contributed by atoms with E-state index in [1.54, 1.807) is 6.07 Å². The van der Waals surface area contributed by atoms with Crippen molar-refractivity contribution in [3.05, 3.63) is 28.3 Å². The van der Waals surface area contributed by atoms with Crippen molar-refractivity contribution in [3.8, 4) is 5.75 Å². The van der Waals surface area contributed by atoms with E-state index in [1.807, 2.05) is 26.8 Å². The summed E-state index contributed by atoms with van der Waals surface area (Å²) in [7, 11) is 0. The summed E-state index contributed by atoms with van der Waals surface area (Å²) >= 11 is 0. The van der Waals surface area contributed by atoms with E-state index in [1.165, 1.54) is 6.07 Å². The van der Waals surface area contributed by atoms with Gasteiger partial charge in [0.05, 0.1) is 23.2 Å². The van der Waals surface area contributed by atoms with Crippen LogP contribution >= 0.6 is 0 Å². The number of benzene rings is 1. The van der Waals surface area contributed by atoms with Crippen LogP contribution in [0.15, 0.2) is 18.2 Å². The summed E-state index contributed by atoms with van der Waals surface area (Å²) in [4.78, 5) is 10.6. The van der Waals surface area contributed by atoms with Crippen LogP contribution in [0.5, 0.6) is 5.75 Å². The number of ether oxygens (including phenoxy) is 2. The molecule has 0 amide bonds. The smallest absolute Gasteiger partial charge is 0.275 e. The Morgan fingerprint density at radius 2 is 2.19 bits per heavy atom. The Labute approximate surface area is 124 Å². The third-order valence-corrected chi connectivity index (χ3v) is 3.33. The van der Waals surface area contributed by atoms with E-state index in [-0.39, 0.29) is 23.9 Å². The van der Waals surface area contributed by atoms with Crippen LogP contribution in [0.25, 0.3) is 0 Å². The molecule has 1 heterocycles. The van der Waals surface area contributed by atoms with E-state index in [0.29, 0.717) is 12.4 Å². The van der Waals surface area contributed by atoms with Crippen LogP contribution in [-0.2, 0) is 4.74 Å². The first-order valence-electron chi connectivity index (χ1n) is 7.28. The molecule has 116 valence electrons. The van der Waals surface area contributed by atoms with E-state index in [0.717, 1.165) is 18.5 Å². The first kappa shape index (κ1) is 15.6. The summed E-state index contributed by atoms with van der Waals surface area (Å²) in [5.74, 6) is 0.516. The molecule has 2 rings (SSSR count). The number of hydrogen-bond acceptors (Lipinski definition) is 5. The van der Waals surface area contributed by atoms with Crippen LogP contribution in [0.2, 0.25) is 0 Å². The lowest BCUT2D eigenvalue weighted by Crippen LogP contribution is -2.32. The van der Waals surface area contributed by atoms with Gasteiger partial charge in [0.1, 0.15) is 5.75 Å². The zero-order chi connectivity index (χ0) is 15.4. The third-order valence-electron chi connectivity index (χ3n) is 3.33. The van der Waals surface area contributed by atoms with E-state index >= 15 is 0 Å². The Kier molecular flexibility index (Phi) is 5.01. The van der Waals surface area contributed by atoms with Crippen LogP contribution in [0.4, 0.5) is 11.4 Å². The summed E-state index contributed by atoms with van der Waals surface area (Å²) in [5.41, 5.74) is 0.759. The van der Waals surface area contributed by atoms with Crippen molar-refractivity contribution >= 4 is 11.4 Å². The number of nitro groups is 1. The molecule has 1 fully saturated rings. The molecule has 0 saturated carbocycles. The van der Waals surface area contributed by atoms with Crippen molar-refractivity contribution in [1.29, 1.82) is 0 Å². The van der Waals surface area contributed by atoms with Crippen LogP contribution in [0.3, 0.4) is 0 Å². The molecular weight excluding hydrogens is 272 g/mol.